The Morgan fingerprint density at radius 3 is 2.30 bits per heavy atom. The lowest BCUT2D eigenvalue weighted by Gasteiger charge is -2.10. The van der Waals surface area contributed by atoms with E-state index in [0.29, 0.717) is 22.7 Å². The van der Waals surface area contributed by atoms with Crippen LogP contribution in [0, 0.1) is 6.92 Å². The molecule has 5 heteroatoms. The number of aryl methyl sites for hydroxylation is 1. The third-order valence-corrected chi connectivity index (χ3v) is 3.89. The first-order valence-electron chi connectivity index (χ1n) is 8.56. The van der Waals surface area contributed by atoms with Crippen molar-refractivity contribution in [3.63, 3.8) is 0 Å². The van der Waals surface area contributed by atoms with E-state index in [-0.39, 0.29) is 18.4 Å². The number of para-hydroxylation sites is 2. The van der Waals surface area contributed by atoms with Crippen LogP contribution in [-0.2, 0) is 4.79 Å². The van der Waals surface area contributed by atoms with Gasteiger partial charge < -0.3 is 15.4 Å². The molecule has 0 saturated heterocycles. The average Bonchev–Trinajstić information content (AvgIpc) is 2.68. The van der Waals surface area contributed by atoms with E-state index in [4.69, 9.17) is 4.74 Å². The summed E-state index contributed by atoms with van der Waals surface area (Å²) in [7, 11) is 0. The molecule has 0 heterocycles. The molecule has 0 aliphatic heterocycles. The minimum Gasteiger partial charge on any atom is -0.483 e. The highest BCUT2D eigenvalue weighted by Crippen LogP contribution is 2.17. The minimum atomic E-state index is -0.293. The van der Waals surface area contributed by atoms with Gasteiger partial charge in [0.2, 0.25) is 0 Å². The van der Waals surface area contributed by atoms with Gasteiger partial charge in [0.1, 0.15) is 5.75 Å². The van der Waals surface area contributed by atoms with Gasteiger partial charge in [-0.1, -0.05) is 42.5 Å². The topological polar surface area (TPSA) is 67.4 Å². The molecule has 0 aliphatic carbocycles. The fourth-order valence-electron chi connectivity index (χ4n) is 2.52. The molecule has 136 valence electrons. The van der Waals surface area contributed by atoms with Gasteiger partial charge in [0.05, 0.1) is 0 Å². The minimum absolute atomic E-state index is 0.106. The summed E-state index contributed by atoms with van der Waals surface area (Å²) in [5, 5.41) is 5.56. The van der Waals surface area contributed by atoms with Gasteiger partial charge in [-0.15, -0.1) is 0 Å². The number of carbonyl (C=O) groups is 2. The van der Waals surface area contributed by atoms with Crippen LogP contribution in [0.3, 0.4) is 0 Å². The van der Waals surface area contributed by atoms with Crippen LogP contribution in [0.25, 0.3) is 0 Å². The van der Waals surface area contributed by atoms with Crippen molar-refractivity contribution in [3.05, 3.63) is 90.0 Å². The molecular formula is C22H20N2O3. The zero-order valence-corrected chi connectivity index (χ0v) is 14.9. The number of amides is 2. The summed E-state index contributed by atoms with van der Waals surface area (Å²) >= 11 is 0. The van der Waals surface area contributed by atoms with Crippen LogP contribution >= 0.6 is 0 Å². The fourth-order valence-corrected chi connectivity index (χ4v) is 2.52. The van der Waals surface area contributed by atoms with Gasteiger partial charge in [0, 0.05) is 16.9 Å². The fraction of sp³-hybridized carbons (Fsp3) is 0.0909. The Hall–Kier alpha value is -3.60. The van der Waals surface area contributed by atoms with Crippen LogP contribution < -0.4 is 15.4 Å². The number of anilines is 2. The highest BCUT2D eigenvalue weighted by atomic mass is 16.5. The first kappa shape index (κ1) is 18.2. The van der Waals surface area contributed by atoms with Gasteiger partial charge in [0.25, 0.3) is 11.8 Å². The van der Waals surface area contributed by atoms with Crippen LogP contribution in [0.5, 0.6) is 5.75 Å². The Labute approximate surface area is 158 Å². The molecule has 0 aromatic heterocycles. The Balaban J connectivity index is 1.59. The van der Waals surface area contributed by atoms with Crippen LogP contribution in [-0.4, -0.2) is 18.4 Å². The van der Waals surface area contributed by atoms with Crippen LogP contribution in [0.4, 0.5) is 11.4 Å². The van der Waals surface area contributed by atoms with Crippen molar-refractivity contribution in [3.8, 4) is 5.75 Å². The molecule has 0 aliphatic rings. The van der Waals surface area contributed by atoms with Gasteiger partial charge in [-0.25, -0.2) is 0 Å². The van der Waals surface area contributed by atoms with Crippen LogP contribution in [0.15, 0.2) is 78.9 Å². The van der Waals surface area contributed by atoms with Crippen molar-refractivity contribution < 1.29 is 14.3 Å². The largest absolute Gasteiger partial charge is 0.483 e. The first-order valence-corrected chi connectivity index (χ1v) is 8.56. The molecule has 0 unspecified atom stereocenters. The molecular weight excluding hydrogens is 340 g/mol. The van der Waals surface area contributed by atoms with Gasteiger partial charge in [-0.05, 0) is 48.9 Å². The summed E-state index contributed by atoms with van der Waals surface area (Å²) in [6.07, 6.45) is 0. The van der Waals surface area contributed by atoms with Gasteiger partial charge in [-0.2, -0.15) is 0 Å². The molecule has 3 aromatic carbocycles. The molecule has 5 nitrogen and oxygen atoms in total. The number of ether oxygens (including phenoxy) is 1. The van der Waals surface area contributed by atoms with E-state index in [0.717, 1.165) is 5.56 Å². The smallest absolute Gasteiger partial charge is 0.262 e. The quantitative estimate of drug-likeness (QED) is 0.690. The summed E-state index contributed by atoms with van der Waals surface area (Å²) in [4.78, 5) is 24.5. The Morgan fingerprint density at radius 2 is 1.52 bits per heavy atom. The Kier molecular flexibility index (Phi) is 5.84. The lowest BCUT2D eigenvalue weighted by atomic mass is 10.2. The third-order valence-electron chi connectivity index (χ3n) is 3.89. The van der Waals surface area contributed by atoms with Crippen molar-refractivity contribution in [1.82, 2.24) is 0 Å². The second-order valence-electron chi connectivity index (χ2n) is 6.00. The zero-order valence-electron chi connectivity index (χ0n) is 14.9. The van der Waals surface area contributed by atoms with E-state index in [1.807, 2.05) is 61.5 Å². The van der Waals surface area contributed by atoms with E-state index in [9.17, 15) is 9.59 Å². The molecule has 0 saturated carbocycles. The van der Waals surface area contributed by atoms with E-state index in [2.05, 4.69) is 10.6 Å². The van der Waals surface area contributed by atoms with Crippen molar-refractivity contribution in [2.45, 2.75) is 6.92 Å². The Bertz CT molecular complexity index is 939. The maximum atomic E-state index is 12.4. The van der Waals surface area contributed by atoms with E-state index < -0.39 is 0 Å². The highest BCUT2D eigenvalue weighted by molar-refractivity contribution is 6.05. The monoisotopic (exact) mass is 360 g/mol. The van der Waals surface area contributed by atoms with E-state index in [1.165, 1.54) is 0 Å². The summed E-state index contributed by atoms with van der Waals surface area (Å²) in [6.45, 7) is 1.81. The first-order chi connectivity index (χ1) is 13.1. The van der Waals surface area contributed by atoms with Crippen molar-refractivity contribution in [2.75, 3.05) is 17.2 Å². The lowest BCUT2D eigenvalue weighted by Crippen LogP contribution is -2.20. The molecule has 0 bridgehead atoms. The van der Waals surface area contributed by atoms with Gasteiger partial charge >= 0.3 is 0 Å². The number of hydrogen-bond acceptors (Lipinski definition) is 3. The molecule has 0 radical (unpaired) electrons. The molecule has 0 fully saturated rings. The van der Waals surface area contributed by atoms with E-state index >= 15 is 0 Å². The molecule has 3 aromatic rings. The third kappa shape index (κ3) is 5.19. The second kappa shape index (κ2) is 8.67. The maximum Gasteiger partial charge on any atom is 0.262 e. The number of hydrogen-bond donors (Lipinski definition) is 2. The highest BCUT2D eigenvalue weighted by Gasteiger charge is 2.09. The number of carbonyl (C=O) groups excluding carboxylic acids is 2. The Morgan fingerprint density at radius 1 is 0.815 bits per heavy atom. The van der Waals surface area contributed by atoms with Gasteiger partial charge in [0.15, 0.2) is 6.61 Å². The number of benzene rings is 3. The van der Waals surface area contributed by atoms with Gasteiger partial charge in [-0.3, -0.25) is 9.59 Å². The summed E-state index contributed by atoms with van der Waals surface area (Å²) in [6, 6.07) is 23.5. The van der Waals surface area contributed by atoms with Crippen molar-refractivity contribution >= 4 is 23.2 Å². The predicted octanol–water partition coefficient (Wildman–Crippen LogP) is 4.26. The average molecular weight is 360 g/mol. The number of nitrogens with one attached hydrogen (secondary N) is 2. The molecule has 0 spiro atoms. The van der Waals surface area contributed by atoms with Crippen molar-refractivity contribution in [1.29, 1.82) is 0 Å². The van der Waals surface area contributed by atoms with Crippen molar-refractivity contribution in [2.24, 2.45) is 0 Å². The number of rotatable bonds is 6. The zero-order chi connectivity index (χ0) is 19.1. The second-order valence-corrected chi connectivity index (χ2v) is 6.00. The molecule has 2 N–H and O–H groups in total. The summed E-state index contributed by atoms with van der Waals surface area (Å²) in [5.74, 6) is 0.135. The molecule has 2 amide bonds. The predicted molar refractivity (Wildman–Crippen MR) is 106 cm³/mol. The lowest BCUT2D eigenvalue weighted by molar-refractivity contribution is -0.118. The summed E-state index contributed by atoms with van der Waals surface area (Å²) in [5.41, 5.74) is 2.67. The molecule has 0 atom stereocenters. The van der Waals surface area contributed by atoms with Crippen LogP contribution in [0.1, 0.15) is 15.9 Å². The maximum absolute atomic E-state index is 12.4. The SMILES string of the molecule is Cc1ccccc1OCC(=O)Nc1cccc(C(=O)Nc2ccccc2)c1. The normalized spacial score (nSPS) is 10.1. The molecule has 27 heavy (non-hydrogen) atoms. The standard InChI is InChI=1S/C22H20N2O3/c1-16-8-5-6-13-20(16)27-15-21(25)23-19-12-7-9-17(14-19)22(26)24-18-10-3-2-4-11-18/h2-14H,15H2,1H3,(H,23,25)(H,24,26). The summed E-state index contributed by atoms with van der Waals surface area (Å²) < 4.78 is 5.54. The molecule has 3 rings (SSSR count). The van der Waals surface area contributed by atoms with Crippen LogP contribution in [0.2, 0.25) is 0 Å². The van der Waals surface area contributed by atoms with E-state index in [1.54, 1.807) is 24.3 Å².